The summed E-state index contributed by atoms with van der Waals surface area (Å²) in [5, 5.41) is 32.5. The number of hydrogen-bond donors (Lipinski definition) is 6. The number of carboxylic acid groups (broad SMARTS) is 3. The maximum atomic E-state index is 12.3. The Morgan fingerprint density at radius 1 is 0.327 bits per heavy atom. The van der Waals surface area contributed by atoms with E-state index in [1.54, 1.807) is 90.1 Å². The minimum atomic E-state index is -1.09. The first-order valence-corrected chi connectivity index (χ1v) is 37.7. The number of hydrogen-bond acceptors (Lipinski definition) is 16. The van der Waals surface area contributed by atoms with Crippen molar-refractivity contribution in [3.05, 3.63) is 177 Å². The lowest BCUT2D eigenvalue weighted by molar-refractivity contribution is -0.146. The predicted octanol–water partition coefficient (Wildman–Crippen LogP) is 17.5. The second-order valence-electron chi connectivity index (χ2n) is 37.0. The van der Waals surface area contributed by atoms with Crippen molar-refractivity contribution in [2.24, 2.45) is 5.73 Å². The van der Waals surface area contributed by atoms with Gasteiger partial charge < -0.3 is 60.1 Å². The van der Waals surface area contributed by atoms with E-state index in [2.05, 4.69) is 127 Å². The molecule has 5 aromatic carbocycles. The first-order valence-electron chi connectivity index (χ1n) is 37.7. The summed E-state index contributed by atoms with van der Waals surface area (Å²) in [6, 6.07) is 35.3. The molecule has 5 aromatic rings. The highest BCUT2D eigenvalue weighted by atomic mass is 16.6. The molecule has 5 rings (SSSR count). The van der Waals surface area contributed by atoms with E-state index in [9.17, 15) is 53.4 Å². The molecular formula is C90H139N5O18. The number of nitrogens with two attached hydrogens (primary N) is 1. The summed E-state index contributed by atoms with van der Waals surface area (Å²) < 4.78 is 30.6. The second kappa shape index (κ2) is 43.7. The van der Waals surface area contributed by atoms with Crippen molar-refractivity contribution in [3.8, 4) is 0 Å². The van der Waals surface area contributed by atoms with Gasteiger partial charge in [0.1, 0.15) is 52.6 Å². The molecule has 0 aliphatic rings. The van der Waals surface area contributed by atoms with Crippen LogP contribution in [0.25, 0.3) is 0 Å². The number of nitrogens with zero attached hydrogens (tertiary/aromatic N) is 2. The van der Waals surface area contributed by atoms with Gasteiger partial charge in [-0.3, -0.25) is 14.6 Å². The van der Waals surface area contributed by atoms with E-state index in [0.717, 1.165) is 32.7 Å². The summed E-state index contributed by atoms with van der Waals surface area (Å²) in [5.41, 5.74) is 13.8. The van der Waals surface area contributed by atoms with Crippen LogP contribution in [0.4, 0.5) is 19.2 Å². The Morgan fingerprint density at radius 3 is 0.788 bits per heavy atom. The fourth-order valence-electron chi connectivity index (χ4n) is 10.2. The van der Waals surface area contributed by atoms with Crippen LogP contribution in [0.3, 0.4) is 0 Å². The Morgan fingerprint density at radius 2 is 0.558 bits per heavy atom. The van der Waals surface area contributed by atoms with Crippen molar-refractivity contribution in [3.63, 3.8) is 0 Å². The Hall–Kier alpha value is -9.51. The summed E-state index contributed by atoms with van der Waals surface area (Å²) in [7, 11) is 5.63. The number of alkyl carbamates (subject to hydrolysis) is 2. The van der Waals surface area contributed by atoms with Crippen LogP contribution < -0.4 is 16.4 Å². The minimum Gasteiger partial charge on any atom is -0.480 e. The number of likely N-dealkylation sites (N-methyl/N-ethyl adjacent to an activating group) is 2. The van der Waals surface area contributed by atoms with Crippen molar-refractivity contribution >= 4 is 54.2 Å². The Bertz CT molecular complexity index is 3810. The van der Waals surface area contributed by atoms with Crippen molar-refractivity contribution in [1.29, 1.82) is 0 Å². The zero-order valence-electron chi connectivity index (χ0n) is 72.9. The second-order valence-corrected chi connectivity index (χ2v) is 37.0. The van der Waals surface area contributed by atoms with Crippen LogP contribution in [-0.2, 0) is 112 Å². The van der Waals surface area contributed by atoms with Gasteiger partial charge in [0.25, 0.3) is 0 Å². The number of nitrogens with one attached hydrogen (secondary N) is 2. The summed E-state index contributed by atoms with van der Waals surface area (Å²) in [5.74, 6) is -4.06. The molecule has 0 aromatic heterocycles. The summed E-state index contributed by atoms with van der Waals surface area (Å²) >= 11 is 0. The van der Waals surface area contributed by atoms with Gasteiger partial charge in [0.15, 0.2) is 0 Å². The van der Waals surface area contributed by atoms with Crippen molar-refractivity contribution in [2.45, 2.75) is 306 Å². The summed E-state index contributed by atoms with van der Waals surface area (Å²) in [4.78, 5) is 108. The number of rotatable bonds is 19. The highest BCUT2D eigenvalue weighted by Gasteiger charge is 2.34. The largest absolute Gasteiger partial charge is 0.480 e. The van der Waals surface area contributed by atoms with Gasteiger partial charge in [-0.25, -0.2) is 38.4 Å². The third kappa shape index (κ3) is 41.2. The molecule has 0 aliphatic carbocycles. The number of benzene rings is 5. The lowest BCUT2D eigenvalue weighted by Crippen LogP contribution is -2.46. The molecule has 5 atom stereocenters. The number of carbonyl (C=O) groups is 9. The first-order chi connectivity index (χ1) is 50.8. The number of carbonyl (C=O) groups excluding carboxylic acids is 6. The topological polar surface area (TPSA) is 326 Å². The van der Waals surface area contributed by atoms with Gasteiger partial charge >= 0.3 is 54.2 Å². The third-order valence-corrected chi connectivity index (χ3v) is 16.8. The van der Waals surface area contributed by atoms with E-state index in [4.69, 9.17) is 39.3 Å². The maximum absolute atomic E-state index is 12.3. The van der Waals surface area contributed by atoms with Gasteiger partial charge in [0, 0.05) is 39.8 Å². The third-order valence-electron chi connectivity index (χ3n) is 16.8. The number of esters is 2. The van der Waals surface area contributed by atoms with E-state index in [1.165, 1.54) is 54.0 Å². The molecule has 0 radical (unpaired) electrons. The standard InChI is InChI=1S/C20H31NO4.2C19H29NO4.C18H27NO4.C13H19NO2.CH4/c1-19(2,3)15-11-9-14(10-12-15)13-16(17(22)24-8)21(7)18(23)25-20(4,5)6;1-18(2,3)14-10-8-13(9-11-14)12-15(16(21)23-7)20-17(22)24-19(4,5)6;1-18(2,3)14-10-8-13(9-11-14)12-15(16(21)22)20(7)17(23)24-19(4,5)6;1-17(2,3)13-9-7-12(8-10-13)11-14(15(20)21)19-16(22)23-18(4,5)6;1-13(2,3)10-6-4-9(5-7-10)8-11(14)12(15)16;/h9-12,16H,13H2,1-8H3;8-11,15H,12H2,1-7H3,(H,20,22);8-11,15H,12H2,1-7H3,(H,21,22);7-10,14H,11H2,1-6H3,(H,19,22)(H,20,21);4-7,11H,8,14H2,1-3H3,(H,15,16);1H4/t16-;2*15-;14-;11-;/m00000./s1. The van der Waals surface area contributed by atoms with Crippen LogP contribution in [-0.4, -0.2) is 160 Å². The van der Waals surface area contributed by atoms with Crippen LogP contribution >= 0.6 is 0 Å². The van der Waals surface area contributed by atoms with E-state index in [0.29, 0.717) is 19.3 Å². The van der Waals surface area contributed by atoms with Gasteiger partial charge in [-0.05, 0) is 172 Å². The molecule has 0 unspecified atom stereocenters. The number of amides is 4. The maximum Gasteiger partial charge on any atom is 0.410 e. The lowest BCUT2D eigenvalue weighted by atomic mass is 9.86. The molecule has 4 amide bonds. The molecule has 0 spiro atoms. The van der Waals surface area contributed by atoms with E-state index < -0.39 is 107 Å². The van der Waals surface area contributed by atoms with Crippen molar-refractivity contribution < 1.29 is 86.9 Å². The molecule has 0 saturated heterocycles. The van der Waals surface area contributed by atoms with Gasteiger partial charge in [0.05, 0.1) is 14.2 Å². The molecule has 7 N–H and O–H groups in total. The van der Waals surface area contributed by atoms with Crippen LogP contribution in [0.5, 0.6) is 0 Å². The minimum absolute atomic E-state index is 0. The van der Waals surface area contributed by atoms with Crippen molar-refractivity contribution in [1.82, 2.24) is 20.4 Å². The zero-order chi connectivity index (χ0) is 86.8. The summed E-state index contributed by atoms with van der Waals surface area (Å²) in [6.07, 6.45) is -1.02. The van der Waals surface area contributed by atoms with Crippen molar-refractivity contribution in [2.75, 3.05) is 28.3 Å². The molecule has 0 heterocycles. The average Bonchev–Trinajstić information content (AvgIpc) is 0.988. The van der Waals surface area contributed by atoms with Crippen LogP contribution in [0.1, 0.15) is 250 Å². The molecule has 0 fully saturated rings. The highest BCUT2D eigenvalue weighted by molar-refractivity contribution is 5.83. The van der Waals surface area contributed by atoms with Gasteiger partial charge in [0.2, 0.25) is 0 Å². The quantitative estimate of drug-likeness (QED) is 0.0330. The average molecular weight is 1580 g/mol. The highest BCUT2D eigenvalue weighted by Crippen LogP contribution is 2.29. The fraction of sp³-hybridized carbons (Fsp3) is 0.567. The molecule has 0 aliphatic heterocycles. The number of aliphatic carboxylic acids is 3. The van der Waals surface area contributed by atoms with E-state index in [-0.39, 0.29) is 47.3 Å². The van der Waals surface area contributed by atoms with E-state index in [1.807, 2.05) is 109 Å². The van der Waals surface area contributed by atoms with Gasteiger partial charge in [-0.15, -0.1) is 0 Å². The van der Waals surface area contributed by atoms with Crippen LogP contribution in [0.2, 0.25) is 0 Å². The van der Waals surface area contributed by atoms with Gasteiger partial charge in [-0.1, -0.05) is 233 Å². The molecular weight excluding hydrogens is 1440 g/mol. The van der Waals surface area contributed by atoms with Crippen LogP contribution in [0, 0.1) is 0 Å². The molecule has 23 nitrogen and oxygen atoms in total. The first kappa shape index (κ1) is 103. The Kier molecular flexibility index (Phi) is 40.0. The predicted molar refractivity (Wildman–Crippen MR) is 448 cm³/mol. The molecule has 0 bridgehead atoms. The SMILES string of the molecule is C.CC(C)(C)OC(=O)N[C@@H](Cc1ccc(C(C)(C)C)cc1)C(=O)O.CC(C)(C)c1ccc(C[C@H](N)C(=O)O)cc1.CN(C(=O)OC(C)(C)C)[C@@H](Cc1ccc(C(C)(C)C)cc1)C(=O)O.COC(=O)[C@H](Cc1ccc(C(C)(C)C)cc1)N(C)C(=O)OC(C)(C)C.COC(=O)[C@H](Cc1ccc(C(C)(C)C)cc1)NC(=O)OC(C)(C)C. The molecule has 113 heavy (non-hydrogen) atoms. The van der Waals surface area contributed by atoms with Crippen LogP contribution in [0.15, 0.2) is 121 Å². The number of ether oxygens (including phenoxy) is 6. The lowest BCUT2D eigenvalue weighted by Gasteiger charge is -2.29. The molecule has 23 heteroatoms. The number of methoxy groups -OCH3 is 2. The fourth-order valence-corrected chi connectivity index (χ4v) is 10.2. The smallest absolute Gasteiger partial charge is 0.410 e. The number of carboxylic acids is 3. The van der Waals surface area contributed by atoms with Gasteiger partial charge in [-0.2, -0.15) is 0 Å². The Labute approximate surface area is 675 Å². The normalized spacial score (nSPS) is 13.1. The molecule has 632 valence electrons. The molecule has 0 saturated carbocycles. The zero-order valence-corrected chi connectivity index (χ0v) is 72.9. The van der Waals surface area contributed by atoms with E-state index >= 15 is 0 Å². The monoisotopic (exact) mass is 1580 g/mol. The summed E-state index contributed by atoms with van der Waals surface area (Å²) in [6.45, 7) is 53.1. The Balaban J connectivity index is 0.00000139.